The van der Waals surface area contributed by atoms with Crippen LogP contribution >= 0.6 is 15.9 Å². The number of para-hydroxylation sites is 1. The first-order chi connectivity index (χ1) is 16.5. The first-order valence-corrected chi connectivity index (χ1v) is 12.7. The third kappa shape index (κ3) is 5.13. The van der Waals surface area contributed by atoms with Gasteiger partial charge in [0.05, 0.1) is 10.2 Å². The van der Waals surface area contributed by atoms with Crippen LogP contribution in [0.15, 0.2) is 68.4 Å². The number of aromatic nitrogens is 2. The Hall–Kier alpha value is -3.12. The Labute approximate surface area is 206 Å². The van der Waals surface area contributed by atoms with E-state index in [-0.39, 0.29) is 22.6 Å². The van der Waals surface area contributed by atoms with Crippen LogP contribution in [0.5, 0.6) is 0 Å². The van der Waals surface area contributed by atoms with Crippen molar-refractivity contribution in [2.75, 3.05) is 4.72 Å². The highest BCUT2D eigenvalue weighted by Gasteiger charge is 2.46. The molecule has 2 aromatic heterocycles. The molecule has 35 heavy (non-hydrogen) atoms. The minimum Gasteiger partial charge on any atom is -0.455 e. The van der Waals surface area contributed by atoms with E-state index in [9.17, 15) is 26.4 Å². The number of anilines is 1. The molecule has 0 aliphatic heterocycles. The van der Waals surface area contributed by atoms with E-state index in [1.54, 1.807) is 23.1 Å². The standard InChI is InChI=1S/C23H19BrF3N3O4S/c1-2-5-19-28-20(31)10-11-30(19)13-14-8-9-18-16(12-14)21(24)22(34-18)15-6-3-4-7-17(15)29-35(32,33)23(25,26)27/h3-4,6-12,29H,2,5,13H2,1H3. The van der Waals surface area contributed by atoms with Gasteiger partial charge < -0.3 is 8.98 Å². The number of halogens is 4. The summed E-state index contributed by atoms with van der Waals surface area (Å²) in [6.45, 7) is 2.43. The molecule has 0 saturated heterocycles. The highest BCUT2D eigenvalue weighted by Crippen LogP contribution is 2.41. The molecule has 12 heteroatoms. The van der Waals surface area contributed by atoms with E-state index in [1.807, 2.05) is 23.6 Å². The largest absolute Gasteiger partial charge is 0.516 e. The molecule has 0 amide bonds. The molecule has 0 atom stereocenters. The zero-order chi connectivity index (χ0) is 25.4. The van der Waals surface area contributed by atoms with Crippen LogP contribution < -0.4 is 10.3 Å². The number of hydrogen-bond donors (Lipinski definition) is 1. The summed E-state index contributed by atoms with van der Waals surface area (Å²) in [6.07, 6.45) is 3.15. The molecule has 0 aliphatic rings. The number of aryl methyl sites for hydroxylation is 1. The van der Waals surface area contributed by atoms with E-state index in [1.165, 1.54) is 24.3 Å². The van der Waals surface area contributed by atoms with Gasteiger partial charge in [-0.1, -0.05) is 25.1 Å². The Morgan fingerprint density at radius 3 is 2.60 bits per heavy atom. The highest BCUT2D eigenvalue weighted by molar-refractivity contribution is 9.10. The SMILES string of the molecule is CCCc1nc(=O)ccn1Cc1ccc2oc(-c3ccccc3NS(=O)(=O)C(F)(F)F)c(Br)c2c1. The molecule has 0 radical (unpaired) electrons. The number of nitrogens with one attached hydrogen (secondary N) is 1. The second-order valence-corrected chi connectivity index (χ2v) is 10.2. The zero-order valence-electron chi connectivity index (χ0n) is 18.3. The fourth-order valence-corrected chi connectivity index (χ4v) is 4.78. The van der Waals surface area contributed by atoms with Crippen LogP contribution in [0.1, 0.15) is 24.7 Å². The normalized spacial score (nSPS) is 12.3. The third-order valence-electron chi connectivity index (χ3n) is 5.21. The van der Waals surface area contributed by atoms with Crippen LogP contribution in [-0.4, -0.2) is 23.5 Å². The van der Waals surface area contributed by atoms with Gasteiger partial charge in [-0.2, -0.15) is 26.6 Å². The predicted octanol–water partition coefficient (Wildman–Crippen LogP) is 5.68. The Kier molecular flexibility index (Phi) is 6.78. The van der Waals surface area contributed by atoms with Gasteiger partial charge in [0, 0.05) is 36.2 Å². The predicted molar refractivity (Wildman–Crippen MR) is 130 cm³/mol. The molecule has 184 valence electrons. The first-order valence-electron chi connectivity index (χ1n) is 10.5. The van der Waals surface area contributed by atoms with Crippen molar-refractivity contribution in [2.45, 2.75) is 31.8 Å². The minimum atomic E-state index is -5.62. The minimum absolute atomic E-state index is 0.139. The summed E-state index contributed by atoms with van der Waals surface area (Å²) in [5.74, 6) is 0.840. The second-order valence-electron chi connectivity index (χ2n) is 7.73. The van der Waals surface area contributed by atoms with Gasteiger partial charge in [0.2, 0.25) is 0 Å². The van der Waals surface area contributed by atoms with Gasteiger partial charge in [0.1, 0.15) is 11.4 Å². The molecule has 7 nitrogen and oxygen atoms in total. The fourth-order valence-electron chi connectivity index (χ4n) is 3.59. The molecule has 0 unspecified atom stereocenters. The van der Waals surface area contributed by atoms with Gasteiger partial charge in [-0.3, -0.25) is 9.52 Å². The molecular formula is C23H19BrF3N3O4S. The number of rotatable bonds is 7. The average molecular weight is 570 g/mol. The van der Waals surface area contributed by atoms with E-state index in [4.69, 9.17) is 4.42 Å². The van der Waals surface area contributed by atoms with Crippen molar-refractivity contribution in [1.29, 1.82) is 0 Å². The van der Waals surface area contributed by atoms with Crippen LogP contribution in [-0.2, 0) is 23.0 Å². The van der Waals surface area contributed by atoms with E-state index < -0.39 is 15.5 Å². The van der Waals surface area contributed by atoms with Crippen molar-refractivity contribution in [3.8, 4) is 11.3 Å². The highest BCUT2D eigenvalue weighted by atomic mass is 79.9. The Bertz CT molecular complexity index is 1560. The van der Waals surface area contributed by atoms with Crippen molar-refractivity contribution >= 4 is 42.6 Å². The fraction of sp³-hybridized carbons (Fsp3) is 0.217. The number of furan rings is 1. The Morgan fingerprint density at radius 1 is 1.14 bits per heavy atom. The molecule has 0 bridgehead atoms. The number of nitrogens with zero attached hydrogens (tertiary/aromatic N) is 2. The molecule has 0 spiro atoms. The van der Waals surface area contributed by atoms with Crippen molar-refractivity contribution < 1.29 is 26.0 Å². The van der Waals surface area contributed by atoms with Gasteiger partial charge in [0.15, 0.2) is 5.76 Å². The van der Waals surface area contributed by atoms with Gasteiger partial charge in [-0.15, -0.1) is 0 Å². The number of sulfonamides is 1. The zero-order valence-corrected chi connectivity index (χ0v) is 20.7. The lowest BCUT2D eigenvalue weighted by Gasteiger charge is -2.13. The molecule has 2 aromatic carbocycles. The molecule has 4 aromatic rings. The summed E-state index contributed by atoms with van der Waals surface area (Å²) in [7, 11) is -5.62. The van der Waals surface area contributed by atoms with E-state index >= 15 is 0 Å². The number of fused-ring (bicyclic) bond motifs is 1. The van der Waals surface area contributed by atoms with Crippen LogP contribution in [0, 0.1) is 0 Å². The molecule has 2 heterocycles. The van der Waals surface area contributed by atoms with E-state index in [2.05, 4.69) is 20.9 Å². The quantitative estimate of drug-likeness (QED) is 0.309. The number of benzene rings is 2. The summed E-state index contributed by atoms with van der Waals surface area (Å²) >= 11 is 3.46. The van der Waals surface area contributed by atoms with E-state index in [0.717, 1.165) is 12.0 Å². The summed E-state index contributed by atoms with van der Waals surface area (Å²) in [4.78, 5) is 15.7. The Morgan fingerprint density at radius 2 is 1.89 bits per heavy atom. The molecule has 0 fully saturated rings. The molecule has 0 aliphatic carbocycles. The molecular weight excluding hydrogens is 551 g/mol. The summed E-state index contributed by atoms with van der Waals surface area (Å²) < 4.78 is 71.9. The third-order valence-corrected chi connectivity index (χ3v) is 7.09. The van der Waals surface area contributed by atoms with Crippen molar-refractivity contribution in [3.63, 3.8) is 0 Å². The summed E-state index contributed by atoms with van der Waals surface area (Å²) in [6, 6.07) is 12.4. The average Bonchev–Trinajstić information content (AvgIpc) is 3.11. The van der Waals surface area contributed by atoms with Crippen molar-refractivity contribution in [1.82, 2.24) is 9.55 Å². The lowest BCUT2D eigenvalue weighted by molar-refractivity contribution is -0.0429. The van der Waals surface area contributed by atoms with E-state index in [0.29, 0.717) is 34.2 Å². The van der Waals surface area contributed by atoms with Crippen LogP contribution in [0.2, 0.25) is 0 Å². The molecule has 4 rings (SSSR count). The van der Waals surface area contributed by atoms with Gasteiger partial charge in [0.25, 0.3) is 5.56 Å². The second kappa shape index (κ2) is 9.50. The van der Waals surface area contributed by atoms with Gasteiger partial charge >= 0.3 is 15.5 Å². The number of hydrogen-bond acceptors (Lipinski definition) is 5. The lowest BCUT2D eigenvalue weighted by Crippen LogP contribution is -2.30. The van der Waals surface area contributed by atoms with Crippen LogP contribution in [0.4, 0.5) is 18.9 Å². The lowest BCUT2D eigenvalue weighted by atomic mass is 10.1. The molecule has 1 N–H and O–H groups in total. The van der Waals surface area contributed by atoms with Crippen LogP contribution in [0.25, 0.3) is 22.3 Å². The monoisotopic (exact) mass is 569 g/mol. The van der Waals surface area contributed by atoms with Gasteiger partial charge in [-0.25, -0.2) is 0 Å². The maximum absolute atomic E-state index is 12.9. The molecule has 0 saturated carbocycles. The first kappa shape index (κ1) is 25.0. The number of alkyl halides is 3. The smallest absolute Gasteiger partial charge is 0.455 e. The van der Waals surface area contributed by atoms with Gasteiger partial charge in [-0.05, 0) is 52.2 Å². The maximum atomic E-state index is 12.9. The Balaban J connectivity index is 1.73. The van der Waals surface area contributed by atoms with Crippen molar-refractivity contribution in [3.05, 3.63) is 80.9 Å². The summed E-state index contributed by atoms with van der Waals surface area (Å²) in [5.41, 5.74) is -4.57. The summed E-state index contributed by atoms with van der Waals surface area (Å²) in [5, 5.41) is 0.650. The maximum Gasteiger partial charge on any atom is 0.516 e. The van der Waals surface area contributed by atoms with Crippen LogP contribution in [0.3, 0.4) is 0 Å². The van der Waals surface area contributed by atoms with Crippen molar-refractivity contribution in [2.24, 2.45) is 0 Å². The topological polar surface area (TPSA) is 94.2 Å².